The van der Waals surface area contributed by atoms with Crippen LogP contribution in [0.25, 0.3) is 0 Å². The quantitative estimate of drug-likeness (QED) is 0.611. The van der Waals surface area contributed by atoms with Crippen LogP contribution in [0.1, 0.15) is 42.3 Å². The van der Waals surface area contributed by atoms with Gasteiger partial charge >= 0.3 is 5.97 Å². The fourth-order valence-electron chi connectivity index (χ4n) is 3.48. The molecule has 154 valence electrons. The Hall–Kier alpha value is -2.08. The van der Waals surface area contributed by atoms with Crippen LogP contribution in [-0.2, 0) is 27.4 Å². The Morgan fingerprint density at radius 3 is 2.72 bits per heavy atom. The lowest BCUT2D eigenvalue weighted by molar-refractivity contribution is -0.144. The predicted molar refractivity (Wildman–Crippen MR) is 113 cm³/mol. The number of alkyl halides is 1. The molecule has 2 atom stereocenters. The van der Waals surface area contributed by atoms with Gasteiger partial charge in [-0.1, -0.05) is 49.7 Å². The zero-order valence-electron chi connectivity index (χ0n) is 16.2. The van der Waals surface area contributed by atoms with Crippen LogP contribution in [0.3, 0.4) is 0 Å². The Morgan fingerprint density at radius 1 is 1.31 bits per heavy atom. The van der Waals surface area contributed by atoms with Crippen LogP contribution in [0, 0.1) is 5.41 Å². The summed E-state index contributed by atoms with van der Waals surface area (Å²) in [6, 6.07) is 13.3. The van der Waals surface area contributed by atoms with E-state index in [1.807, 2.05) is 36.4 Å². The van der Waals surface area contributed by atoms with E-state index in [4.69, 9.17) is 33.0 Å². The number of amides is 1. The molecular weight excluding hydrogens is 413 g/mol. The van der Waals surface area contributed by atoms with Gasteiger partial charge in [-0.2, -0.15) is 0 Å². The number of aliphatic carboxylic acids is 1. The molecule has 0 radical (unpaired) electrons. The van der Waals surface area contributed by atoms with Gasteiger partial charge < -0.3 is 15.2 Å². The van der Waals surface area contributed by atoms with Crippen LogP contribution in [0.5, 0.6) is 0 Å². The lowest BCUT2D eigenvalue weighted by Gasteiger charge is -2.31. The highest BCUT2D eigenvalue weighted by atomic mass is 35.5. The molecule has 1 amide bonds. The number of nitrogens with one attached hydrogen (secondary N) is 1. The summed E-state index contributed by atoms with van der Waals surface area (Å²) in [4.78, 5) is 23.1. The van der Waals surface area contributed by atoms with E-state index in [1.54, 1.807) is 6.07 Å². The average Bonchev–Trinajstić information content (AvgIpc) is 2.81. The maximum absolute atomic E-state index is 12.2. The number of carboxylic acid groups (broad SMARTS) is 1. The Bertz CT molecular complexity index is 929. The topological polar surface area (TPSA) is 75.6 Å². The number of hydrogen-bond acceptors (Lipinski definition) is 3. The molecule has 0 aliphatic carbocycles. The summed E-state index contributed by atoms with van der Waals surface area (Å²) in [5.41, 5.74) is 3.02. The maximum atomic E-state index is 12.2. The molecule has 3 rings (SSSR count). The molecule has 0 bridgehead atoms. The van der Waals surface area contributed by atoms with Crippen molar-refractivity contribution < 1.29 is 19.4 Å². The van der Waals surface area contributed by atoms with E-state index in [1.165, 1.54) is 0 Å². The molecule has 0 spiro atoms. The van der Waals surface area contributed by atoms with Gasteiger partial charge in [0.1, 0.15) is 6.10 Å². The fourth-order valence-corrected chi connectivity index (χ4v) is 3.89. The van der Waals surface area contributed by atoms with Crippen molar-refractivity contribution in [3.8, 4) is 0 Å². The highest BCUT2D eigenvalue weighted by Gasteiger charge is 2.32. The standard InChI is InChI=1S/C22H23Cl2NO4/c1-22(2,11-14-5-3-4-6-16(14)23)20(24)13-7-8-17-15(9-13)12-29-18(10-19(26)27)21(28)25-17/h3-9,18,20H,10-12H2,1-2H3,(H,25,28)(H,26,27). The Morgan fingerprint density at radius 2 is 2.03 bits per heavy atom. The van der Waals surface area contributed by atoms with E-state index < -0.39 is 18.0 Å². The van der Waals surface area contributed by atoms with E-state index in [0.717, 1.165) is 16.7 Å². The molecule has 0 aromatic heterocycles. The number of carbonyl (C=O) groups is 2. The molecule has 0 saturated heterocycles. The summed E-state index contributed by atoms with van der Waals surface area (Å²) in [6.45, 7) is 4.30. The lowest BCUT2D eigenvalue weighted by Crippen LogP contribution is -2.30. The highest BCUT2D eigenvalue weighted by Crippen LogP contribution is 2.43. The van der Waals surface area contributed by atoms with E-state index in [0.29, 0.717) is 17.1 Å². The van der Waals surface area contributed by atoms with Crippen molar-refractivity contribution in [2.75, 3.05) is 5.32 Å². The van der Waals surface area contributed by atoms with Crippen molar-refractivity contribution in [2.24, 2.45) is 5.41 Å². The van der Waals surface area contributed by atoms with Gasteiger partial charge in [-0.3, -0.25) is 9.59 Å². The van der Waals surface area contributed by atoms with Crippen LogP contribution in [0.15, 0.2) is 42.5 Å². The molecule has 0 fully saturated rings. The first kappa shape index (κ1) is 21.6. The molecule has 1 aliphatic heterocycles. The molecule has 7 heteroatoms. The first-order valence-corrected chi connectivity index (χ1v) is 10.1. The third-order valence-corrected chi connectivity index (χ3v) is 6.27. The minimum Gasteiger partial charge on any atom is -0.481 e. The SMILES string of the molecule is CC(C)(Cc1ccccc1Cl)C(Cl)c1ccc2c(c1)COC(CC(=O)O)C(=O)N2. The Labute approximate surface area is 180 Å². The van der Waals surface area contributed by atoms with E-state index in [-0.39, 0.29) is 23.8 Å². The number of carbonyl (C=O) groups excluding carboxylic acids is 1. The number of carboxylic acids is 1. The van der Waals surface area contributed by atoms with Gasteiger partial charge in [-0.25, -0.2) is 0 Å². The molecule has 0 saturated carbocycles. The first-order valence-electron chi connectivity index (χ1n) is 9.32. The third kappa shape index (κ3) is 5.10. The number of fused-ring (bicyclic) bond motifs is 1. The third-order valence-electron chi connectivity index (χ3n) is 5.06. The number of anilines is 1. The Kier molecular flexibility index (Phi) is 6.52. The zero-order valence-corrected chi connectivity index (χ0v) is 17.8. The largest absolute Gasteiger partial charge is 0.481 e. The molecule has 1 heterocycles. The number of rotatable bonds is 6. The normalized spacial score (nSPS) is 17.8. The highest BCUT2D eigenvalue weighted by molar-refractivity contribution is 6.31. The van der Waals surface area contributed by atoms with Gasteiger partial charge in [0.2, 0.25) is 0 Å². The van der Waals surface area contributed by atoms with Crippen molar-refractivity contribution in [1.29, 1.82) is 0 Å². The summed E-state index contributed by atoms with van der Waals surface area (Å²) in [5, 5.41) is 12.1. The number of hydrogen-bond donors (Lipinski definition) is 2. The van der Waals surface area contributed by atoms with Crippen LogP contribution in [0.2, 0.25) is 5.02 Å². The second-order valence-electron chi connectivity index (χ2n) is 7.92. The molecule has 1 aliphatic rings. The summed E-state index contributed by atoms with van der Waals surface area (Å²) < 4.78 is 5.53. The van der Waals surface area contributed by atoms with Gasteiger partial charge in [0.05, 0.1) is 18.4 Å². The molecule has 2 aromatic rings. The van der Waals surface area contributed by atoms with Crippen molar-refractivity contribution in [1.82, 2.24) is 0 Å². The molecule has 5 nitrogen and oxygen atoms in total. The summed E-state index contributed by atoms with van der Waals surface area (Å²) in [7, 11) is 0. The van der Waals surface area contributed by atoms with E-state index in [9.17, 15) is 9.59 Å². The minimum absolute atomic E-state index is 0.133. The van der Waals surface area contributed by atoms with Gasteiger partial charge in [-0.15, -0.1) is 11.6 Å². The van der Waals surface area contributed by atoms with Gasteiger partial charge in [0.15, 0.2) is 0 Å². The Balaban J connectivity index is 1.80. The second kappa shape index (κ2) is 8.74. The smallest absolute Gasteiger partial charge is 0.306 e. The maximum Gasteiger partial charge on any atom is 0.306 e. The van der Waals surface area contributed by atoms with Gasteiger partial charge in [0, 0.05) is 16.3 Å². The van der Waals surface area contributed by atoms with E-state index in [2.05, 4.69) is 19.2 Å². The molecule has 2 unspecified atom stereocenters. The number of halogens is 2. The van der Waals surface area contributed by atoms with Crippen LogP contribution >= 0.6 is 23.2 Å². The van der Waals surface area contributed by atoms with Crippen LogP contribution < -0.4 is 5.32 Å². The van der Waals surface area contributed by atoms with Gasteiger partial charge in [-0.05, 0) is 41.2 Å². The van der Waals surface area contributed by atoms with Crippen LogP contribution in [-0.4, -0.2) is 23.1 Å². The van der Waals surface area contributed by atoms with E-state index >= 15 is 0 Å². The summed E-state index contributed by atoms with van der Waals surface area (Å²) >= 11 is 13.2. The van der Waals surface area contributed by atoms with Crippen molar-refractivity contribution in [2.45, 2.75) is 44.8 Å². The second-order valence-corrected chi connectivity index (χ2v) is 8.77. The minimum atomic E-state index is -1.08. The molecular formula is C22H23Cl2NO4. The number of benzene rings is 2. The molecule has 2 aromatic carbocycles. The fraction of sp³-hybridized carbons (Fsp3) is 0.364. The summed E-state index contributed by atoms with van der Waals surface area (Å²) in [6.07, 6.45) is -0.701. The first-order chi connectivity index (χ1) is 13.7. The summed E-state index contributed by atoms with van der Waals surface area (Å²) in [5.74, 6) is -1.54. The van der Waals surface area contributed by atoms with Crippen LogP contribution in [0.4, 0.5) is 5.69 Å². The van der Waals surface area contributed by atoms with Gasteiger partial charge in [0.25, 0.3) is 5.91 Å². The predicted octanol–water partition coefficient (Wildman–Crippen LogP) is 5.20. The monoisotopic (exact) mass is 435 g/mol. The van der Waals surface area contributed by atoms with Crippen molar-refractivity contribution in [3.63, 3.8) is 0 Å². The molecule has 2 N–H and O–H groups in total. The van der Waals surface area contributed by atoms with Crippen molar-refractivity contribution in [3.05, 3.63) is 64.2 Å². The molecule has 29 heavy (non-hydrogen) atoms. The van der Waals surface area contributed by atoms with Crippen molar-refractivity contribution >= 4 is 40.8 Å². The number of ether oxygens (including phenoxy) is 1. The zero-order chi connectivity index (χ0) is 21.2. The average molecular weight is 436 g/mol. The lowest BCUT2D eigenvalue weighted by atomic mass is 9.79.